The maximum Gasteiger partial charge on any atom is 0.302 e. The van der Waals surface area contributed by atoms with Gasteiger partial charge in [0.15, 0.2) is 0 Å². The predicted molar refractivity (Wildman–Crippen MR) is 41.4 cm³/mol. The Morgan fingerprint density at radius 1 is 1.85 bits per heavy atom. The molecule has 0 bridgehead atoms. The van der Waals surface area contributed by atoms with Crippen LogP contribution in [0.1, 0.15) is 12.7 Å². The van der Waals surface area contributed by atoms with E-state index in [1.54, 1.807) is 6.07 Å². The molecule has 0 unspecified atom stereocenters. The molecule has 0 atom stereocenters. The summed E-state index contributed by atoms with van der Waals surface area (Å²) in [7, 11) is 0. The van der Waals surface area contributed by atoms with Crippen LogP contribution in [0, 0.1) is 11.3 Å². The second kappa shape index (κ2) is 4.21. The van der Waals surface area contributed by atoms with Crippen LogP contribution >= 0.6 is 0 Å². The van der Waals surface area contributed by atoms with E-state index in [1.165, 1.54) is 17.9 Å². The van der Waals surface area contributed by atoms with Crippen molar-refractivity contribution in [3.8, 4) is 6.07 Å². The van der Waals surface area contributed by atoms with E-state index >= 15 is 0 Å². The molecule has 0 aliphatic heterocycles. The van der Waals surface area contributed by atoms with Gasteiger partial charge in [0.05, 0.1) is 6.54 Å². The molecule has 0 spiro atoms. The maximum absolute atomic E-state index is 10.4. The van der Waals surface area contributed by atoms with E-state index in [0.717, 1.165) is 0 Å². The molecule has 0 aliphatic carbocycles. The third kappa shape index (κ3) is 2.91. The van der Waals surface area contributed by atoms with Crippen LogP contribution in [0.25, 0.3) is 0 Å². The molecule has 1 heterocycles. The molecule has 68 valence electrons. The number of nitriles is 1. The first-order chi connectivity index (χ1) is 6.22. The number of hydrogen-bond acceptors (Lipinski definition) is 5. The van der Waals surface area contributed by atoms with E-state index in [-0.39, 0.29) is 18.4 Å². The largest absolute Gasteiger partial charge is 0.464 e. The summed E-state index contributed by atoms with van der Waals surface area (Å²) < 4.78 is 6.12. The van der Waals surface area contributed by atoms with Crippen LogP contribution < -0.4 is 0 Å². The average molecular weight is 180 g/mol. The third-order valence-corrected chi connectivity index (χ3v) is 1.26. The van der Waals surface area contributed by atoms with Gasteiger partial charge in [-0.1, -0.05) is 0 Å². The molecule has 0 saturated carbocycles. The maximum atomic E-state index is 10.4. The second-order valence-electron chi connectivity index (χ2n) is 2.28. The van der Waals surface area contributed by atoms with Gasteiger partial charge in [-0.3, -0.25) is 4.79 Å². The van der Waals surface area contributed by atoms with Crippen LogP contribution in [0.4, 0.5) is 0 Å². The Morgan fingerprint density at radius 3 is 3.15 bits per heavy atom. The molecule has 0 N–H and O–H groups in total. The Balaban J connectivity index is 2.38. The first kappa shape index (κ1) is 9.19. The van der Waals surface area contributed by atoms with Gasteiger partial charge in [-0.15, -0.1) is 5.10 Å². The Labute approximate surface area is 74.8 Å². The molecule has 1 rings (SSSR count). The zero-order valence-corrected chi connectivity index (χ0v) is 7.10. The fraction of sp³-hybridized carbons (Fsp3) is 0.429. The highest BCUT2D eigenvalue weighted by atomic mass is 16.5. The molecule has 0 fully saturated rings. The van der Waals surface area contributed by atoms with Crippen LogP contribution in [-0.4, -0.2) is 27.3 Å². The average Bonchev–Trinajstić information content (AvgIpc) is 2.52. The van der Waals surface area contributed by atoms with Gasteiger partial charge < -0.3 is 4.74 Å². The summed E-state index contributed by atoms with van der Waals surface area (Å²) in [5.74, 6) is -0.219. The highest BCUT2D eigenvalue weighted by molar-refractivity contribution is 5.65. The Bertz CT molecular complexity index is 339. The zero-order chi connectivity index (χ0) is 9.68. The molecule has 0 amide bonds. The number of aromatic nitrogens is 3. The summed E-state index contributed by atoms with van der Waals surface area (Å²) in [6, 6.07) is 1.80. The number of carbonyl (C=O) groups is 1. The first-order valence-electron chi connectivity index (χ1n) is 3.65. The van der Waals surface area contributed by atoms with Crippen molar-refractivity contribution < 1.29 is 9.53 Å². The zero-order valence-electron chi connectivity index (χ0n) is 7.10. The number of nitrogens with zero attached hydrogens (tertiary/aromatic N) is 4. The summed E-state index contributed by atoms with van der Waals surface area (Å²) in [5, 5.41) is 12.2. The van der Waals surface area contributed by atoms with Crippen LogP contribution in [-0.2, 0) is 16.1 Å². The number of carbonyl (C=O) groups excluding carboxylic acids is 1. The van der Waals surface area contributed by atoms with Crippen molar-refractivity contribution in [3.05, 3.63) is 12.2 Å². The summed E-state index contributed by atoms with van der Waals surface area (Å²) in [4.78, 5) is 14.1. The topological polar surface area (TPSA) is 80.8 Å². The van der Waals surface area contributed by atoms with Gasteiger partial charge in [0.25, 0.3) is 5.82 Å². The van der Waals surface area contributed by atoms with Gasteiger partial charge in [0.1, 0.15) is 19.0 Å². The minimum atomic E-state index is -0.333. The van der Waals surface area contributed by atoms with E-state index < -0.39 is 0 Å². The summed E-state index contributed by atoms with van der Waals surface area (Å²) in [5.41, 5.74) is 0. The van der Waals surface area contributed by atoms with E-state index in [2.05, 4.69) is 14.8 Å². The van der Waals surface area contributed by atoms with Crippen LogP contribution in [0.5, 0.6) is 0 Å². The van der Waals surface area contributed by atoms with E-state index in [1.807, 2.05) is 0 Å². The van der Waals surface area contributed by atoms with Gasteiger partial charge in [0, 0.05) is 6.92 Å². The quantitative estimate of drug-likeness (QED) is 0.597. The molecular formula is C7H8N4O2. The summed E-state index contributed by atoms with van der Waals surface area (Å²) in [6.07, 6.45) is 1.42. The molecule has 0 radical (unpaired) electrons. The highest BCUT2D eigenvalue weighted by Crippen LogP contribution is 1.87. The SMILES string of the molecule is CC(=O)OCCn1cnc(C#N)n1. The molecule has 13 heavy (non-hydrogen) atoms. The van der Waals surface area contributed by atoms with Gasteiger partial charge >= 0.3 is 5.97 Å². The lowest BCUT2D eigenvalue weighted by molar-refractivity contribution is -0.141. The van der Waals surface area contributed by atoms with Gasteiger partial charge in [-0.25, -0.2) is 9.67 Å². The van der Waals surface area contributed by atoms with Crippen LogP contribution in [0.15, 0.2) is 6.33 Å². The number of ether oxygens (including phenoxy) is 1. The van der Waals surface area contributed by atoms with Crippen molar-refractivity contribution in [1.82, 2.24) is 14.8 Å². The third-order valence-electron chi connectivity index (χ3n) is 1.26. The fourth-order valence-electron chi connectivity index (χ4n) is 0.737. The molecule has 1 aromatic heterocycles. The predicted octanol–water partition coefficient (Wildman–Crippen LogP) is -0.287. The lowest BCUT2D eigenvalue weighted by Crippen LogP contribution is -2.09. The molecule has 6 nitrogen and oxygen atoms in total. The van der Waals surface area contributed by atoms with Crippen molar-refractivity contribution in [2.75, 3.05) is 6.61 Å². The second-order valence-corrected chi connectivity index (χ2v) is 2.28. The number of esters is 1. The Kier molecular flexibility index (Phi) is 2.97. The Hall–Kier alpha value is -1.90. The lowest BCUT2D eigenvalue weighted by atomic mass is 10.7. The minimum absolute atomic E-state index is 0.114. The first-order valence-corrected chi connectivity index (χ1v) is 3.65. The van der Waals surface area contributed by atoms with Crippen molar-refractivity contribution in [2.45, 2.75) is 13.5 Å². The van der Waals surface area contributed by atoms with Crippen molar-refractivity contribution in [1.29, 1.82) is 5.26 Å². The fourth-order valence-corrected chi connectivity index (χ4v) is 0.737. The van der Waals surface area contributed by atoms with Gasteiger partial charge in [-0.05, 0) is 0 Å². The Morgan fingerprint density at radius 2 is 2.62 bits per heavy atom. The monoisotopic (exact) mass is 180 g/mol. The van der Waals surface area contributed by atoms with E-state index in [0.29, 0.717) is 6.54 Å². The molecule has 0 aliphatic rings. The minimum Gasteiger partial charge on any atom is -0.464 e. The van der Waals surface area contributed by atoms with Crippen LogP contribution in [0.3, 0.4) is 0 Å². The lowest BCUT2D eigenvalue weighted by Gasteiger charge is -1.99. The number of rotatable bonds is 3. The van der Waals surface area contributed by atoms with Crippen molar-refractivity contribution in [2.24, 2.45) is 0 Å². The van der Waals surface area contributed by atoms with E-state index in [9.17, 15) is 4.79 Å². The van der Waals surface area contributed by atoms with Crippen molar-refractivity contribution in [3.63, 3.8) is 0 Å². The van der Waals surface area contributed by atoms with Crippen LogP contribution in [0.2, 0.25) is 0 Å². The molecule has 6 heteroatoms. The smallest absolute Gasteiger partial charge is 0.302 e. The normalized spacial score (nSPS) is 9.23. The molecule has 0 saturated heterocycles. The highest BCUT2D eigenvalue weighted by Gasteiger charge is 1.98. The van der Waals surface area contributed by atoms with Gasteiger partial charge in [-0.2, -0.15) is 5.26 Å². The standard InChI is InChI=1S/C7H8N4O2/c1-6(12)13-3-2-11-5-9-7(4-8)10-11/h5H,2-3H2,1H3. The molecule has 0 aromatic carbocycles. The van der Waals surface area contributed by atoms with E-state index in [4.69, 9.17) is 5.26 Å². The number of hydrogen-bond donors (Lipinski definition) is 0. The molecule has 1 aromatic rings. The van der Waals surface area contributed by atoms with Crippen molar-refractivity contribution >= 4 is 5.97 Å². The van der Waals surface area contributed by atoms with Gasteiger partial charge in [0.2, 0.25) is 0 Å². The summed E-state index contributed by atoms with van der Waals surface area (Å²) >= 11 is 0. The molecular weight excluding hydrogens is 172 g/mol. The summed E-state index contributed by atoms with van der Waals surface area (Å²) in [6.45, 7) is 1.99.